The molecule has 3 aromatic rings. The molecule has 7 nitrogen and oxygen atoms in total. The second-order valence-electron chi connectivity index (χ2n) is 5.41. The highest BCUT2D eigenvalue weighted by Gasteiger charge is 2.24. The number of carbonyl (C=O) groups excluding carboxylic acids is 2. The van der Waals surface area contributed by atoms with Gasteiger partial charge < -0.3 is 24.0 Å². The quantitative estimate of drug-likeness (QED) is 0.128. The molecule has 0 saturated heterocycles. The van der Waals surface area contributed by atoms with E-state index in [1.807, 2.05) is 0 Å². The van der Waals surface area contributed by atoms with Gasteiger partial charge in [-0.15, -0.1) is 0 Å². The average Bonchev–Trinajstić information content (AvgIpc) is 3.11. The van der Waals surface area contributed by atoms with Crippen molar-refractivity contribution in [2.75, 3.05) is 0 Å². The van der Waals surface area contributed by atoms with Crippen LogP contribution in [0.2, 0.25) is 25.1 Å². The van der Waals surface area contributed by atoms with Gasteiger partial charge in [0.05, 0.1) is 20.6 Å². The molecule has 0 spiro atoms. The van der Waals surface area contributed by atoms with Gasteiger partial charge in [-0.25, -0.2) is 9.59 Å². The molecule has 1 aromatic heterocycles. The van der Waals surface area contributed by atoms with Gasteiger partial charge in [-0.05, 0) is 24.3 Å². The largest absolute Gasteiger partial charge is 0.419 e. The Bertz CT molecular complexity index is 1120. The minimum atomic E-state index is -2.84. The number of hydrogen-bond donors (Lipinski definition) is 3. The molecular weight excluding hydrogens is 510 g/mol. The van der Waals surface area contributed by atoms with E-state index in [1.54, 1.807) is 0 Å². The molecule has 3 N–H and O–H groups in total. The second kappa shape index (κ2) is 8.84. The minimum absolute atomic E-state index is 0.00594. The van der Waals surface area contributed by atoms with Gasteiger partial charge in [0.15, 0.2) is 5.75 Å². The van der Waals surface area contributed by atoms with Crippen molar-refractivity contribution in [1.82, 2.24) is 4.98 Å². The predicted molar refractivity (Wildman–Crippen MR) is 112 cm³/mol. The van der Waals surface area contributed by atoms with Gasteiger partial charge >= 0.3 is 20.5 Å². The molecule has 13 heteroatoms. The highest BCUT2D eigenvalue weighted by Crippen LogP contribution is 2.48. The van der Waals surface area contributed by atoms with Gasteiger partial charge in [0.25, 0.3) is 0 Å². The van der Waals surface area contributed by atoms with Gasteiger partial charge in [0.2, 0.25) is 0 Å². The lowest BCUT2D eigenvalue weighted by Crippen LogP contribution is -2.09. The van der Waals surface area contributed by atoms with Crippen LogP contribution in [0.3, 0.4) is 0 Å². The van der Waals surface area contributed by atoms with Crippen LogP contribution in [-0.2, 0) is 4.52 Å². The van der Waals surface area contributed by atoms with Crippen LogP contribution in [0.15, 0.2) is 24.3 Å². The Morgan fingerprint density at radius 3 is 2.03 bits per heavy atom. The standard InChI is InChI=1S/C16H7Cl5NO6P/c17-9-10(18)12(20)14(13(21)11(9)19)27-16(24)8-4-6-3-5(1-2-7(6)22-8)15(23)28-29(25)26/h1-4,22,25-26H. The summed E-state index contributed by atoms with van der Waals surface area (Å²) in [6.45, 7) is 0. The Morgan fingerprint density at radius 2 is 1.45 bits per heavy atom. The van der Waals surface area contributed by atoms with E-state index in [4.69, 9.17) is 72.5 Å². The lowest BCUT2D eigenvalue weighted by Gasteiger charge is -2.11. The van der Waals surface area contributed by atoms with E-state index >= 15 is 0 Å². The number of esters is 1. The van der Waals surface area contributed by atoms with Crippen LogP contribution in [0.25, 0.3) is 10.9 Å². The number of benzene rings is 2. The third kappa shape index (κ3) is 4.58. The fourth-order valence-corrected chi connectivity index (χ4v) is 3.77. The number of nitrogens with one attached hydrogen (secondary N) is 1. The van der Waals surface area contributed by atoms with Gasteiger partial charge in [0.1, 0.15) is 15.7 Å². The summed E-state index contributed by atoms with van der Waals surface area (Å²) in [6.07, 6.45) is 0. The second-order valence-corrected chi connectivity index (χ2v) is 7.98. The zero-order valence-electron chi connectivity index (χ0n) is 13.7. The lowest BCUT2D eigenvalue weighted by atomic mass is 10.1. The highest BCUT2D eigenvalue weighted by molar-refractivity contribution is 7.40. The van der Waals surface area contributed by atoms with Crippen molar-refractivity contribution in [3.05, 3.63) is 60.6 Å². The van der Waals surface area contributed by atoms with E-state index < -0.39 is 20.5 Å². The summed E-state index contributed by atoms with van der Waals surface area (Å²) in [5.74, 6) is -2.06. The molecule has 0 unspecified atom stereocenters. The number of H-pyrrole nitrogens is 1. The van der Waals surface area contributed by atoms with Crippen LogP contribution in [-0.4, -0.2) is 26.7 Å². The van der Waals surface area contributed by atoms with Crippen molar-refractivity contribution >= 4 is 89.4 Å². The van der Waals surface area contributed by atoms with Crippen LogP contribution in [0.1, 0.15) is 20.8 Å². The van der Waals surface area contributed by atoms with Crippen molar-refractivity contribution in [3.8, 4) is 5.75 Å². The first-order valence-electron chi connectivity index (χ1n) is 7.36. The molecule has 152 valence electrons. The summed E-state index contributed by atoms with van der Waals surface area (Å²) in [7, 11) is -2.84. The number of aromatic nitrogens is 1. The van der Waals surface area contributed by atoms with Crippen molar-refractivity contribution < 1.29 is 28.6 Å². The molecule has 0 fully saturated rings. The SMILES string of the molecule is O=C(OP(O)O)c1ccc2[nH]c(C(=O)Oc3c(Cl)c(Cl)c(Cl)c(Cl)c3Cl)cc2c1. The number of fused-ring (bicyclic) bond motifs is 1. The maximum Gasteiger partial charge on any atom is 0.394 e. The number of hydrogen-bond acceptors (Lipinski definition) is 6. The van der Waals surface area contributed by atoms with Crippen LogP contribution < -0.4 is 4.74 Å². The van der Waals surface area contributed by atoms with E-state index in [2.05, 4.69) is 9.51 Å². The fourth-order valence-electron chi connectivity index (χ4n) is 2.32. The van der Waals surface area contributed by atoms with Gasteiger partial charge in [0, 0.05) is 10.9 Å². The van der Waals surface area contributed by atoms with Gasteiger partial charge in [-0.1, -0.05) is 58.0 Å². The molecule has 2 aromatic carbocycles. The molecule has 0 atom stereocenters. The lowest BCUT2D eigenvalue weighted by molar-refractivity contribution is 0.0709. The molecule has 0 radical (unpaired) electrons. The van der Waals surface area contributed by atoms with Crippen LogP contribution >= 0.6 is 66.6 Å². The number of rotatable bonds is 4. The van der Waals surface area contributed by atoms with Crippen LogP contribution in [0, 0.1) is 0 Å². The molecule has 0 aliphatic rings. The van der Waals surface area contributed by atoms with E-state index in [9.17, 15) is 9.59 Å². The summed E-state index contributed by atoms with van der Waals surface area (Å²) < 4.78 is 9.57. The van der Waals surface area contributed by atoms with Crippen LogP contribution in [0.5, 0.6) is 5.75 Å². The van der Waals surface area contributed by atoms with Crippen LogP contribution in [0.4, 0.5) is 0 Å². The summed E-state index contributed by atoms with van der Waals surface area (Å²) >= 11 is 29.9. The first kappa shape index (κ1) is 22.4. The van der Waals surface area contributed by atoms with Crippen molar-refractivity contribution in [1.29, 1.82) is 0 Å². The Hall–Kier alpha value is -1.28. The molecule has 0 aliphatic carbocycles. The molecule has 0 aliphatic heterocycles. The normalized spacial score (nSPS) is 11.2. The molecule has 29 heavy (non-hydrogen) atoms. The number of aromatic amines is 1. The smallest absolute Gasteiger partial charge is 0.394 e. The van der Waals surface area contributed by atoms with Crippen molar-refractivity contribution in [3.63, 3.8) is 0 Å². The van der Waals surface area contributed by atoms with Gasteiger partial charge in [-0.2, -0.15) is 0 Å². The van der Waals surface area contributed by atoms with Crippen molar-refractivity contribution in [2.45, 2.75) is 0 Å². The zero-order chi connectivity index (χ0) is 21.5. The predicted octanol–water partition coefficient (Wildman–Crippen LogP) is 6.02. The molecular formula is C16H7Cl5NO6P. The molecule has 0 amide bonds. The summed E-state index contributed by atoms with van der Waals surface area (Å²) in [5, 5.41) is -0.259. The monoisotopic (exact) mass is 515 g/mol. The highest BCUT2D eigenvalue weighted by atomic mass is 35.5. The summed E-state index contributed by atoms with van der Waals surface area (Å²) in [6, 6.07) is 5.66. The van der Waals surface area contributed by atoms with Crippen molar-refractivity contribution in [2.24, 2.45) is 0 Å². The fraction of sp³-hybridized carbons (Fsp3) is 0. The van der Waals surface area contributed by atoms with E-state index in [0.29, 0.717) is 10.9 Å². The Morgan fingerprint density at radius 1 is 0.862 bits per heavy atom. The molecule has 0 saturated carbocycles. The third-order valence-electron chi connectivity index (χ3n) is 3.61. The first-order valence-corrected chi connectivity index (χ1v) is 10.4. The van der Waals surface area contributed by atoms with E-state index in [1.165, 1.54) is 24.3 Å². The summed E-state index contributed by atoms with van der Waals surface area (Å²) in [4.78, 5) is 44.6. The third-order valence-corrected chi connectivity index (χ3v) is 6.18. The Kier molecular flexibility index (Phi) is 6.83. The number of ether oxygens (including phenoxy) is 1. The Labute approximate surface area is 189 Å². The summed E-state index contributed by atoms with van der Waals surface area (Å²) in [5.41, 5.74) is 0.550. The topological polar surface area (TPSA) is 109 Å². The minimum Gasteiger partial charge on any atom is -0.419 e. The number of carbonyl (C=O) groups is 2. The van der Waals surface area contributed by atoms with E-state index in [-0.39, 0.29) is 42.1 Å². The molecule has 0 bridgehead atoms. The zero-order valence-corrected chi connectivity index (χ0v) is 18.3. The maximum absolute atomic E-state index is 12.5. The molecule has 3 rings (SSSR count). The van der Waals surface area contributed by atoms with Gasteiger partial charge in [-0.3, -0.25) is 0 Å². The Balaban J connectivity index is 1.92. The number of halogens is 5. The maximum atomic E-state index is 12.5. The average molecular weight is 517 g/mol. The molecule has 1 heterocycles. The first-order chi connectivity index (χ1) is 13.6. The van der Waals surface area contributed by atoms with E-state index in [0.717, 1.165) is 0 Å².